The molecule has 4 amide bonds. The predicted molar refractivity (Wildman–Crippen MR) is 118 cm³/mol. The summed E-state index contributed by atoms with van der Waals surface area (Å²) in [5, 5.41) is 7.85. The molecule has 1 heterocycles. The van der Waals surface area contributed by atoms with E-state index in [1.807, 2.05) is 32.6 Å². The van der Waals surface area contributed by atoms with Crippen molar-refractivity contribution in [3.63, 3.8) is 0 Å². The summed E-state index contributed by atoms with van der Waals surface area (Å²) >= 11 is 0. The fourth-order valence-corrected chi connectivity index (χ4v) is 3.56. The van der Waals surface area contributed by atoms with Crippen LogP contribution in [0.3, 0.4) is 0 Å². The van der Waals surface area contributed by atoms with E-state index in [1.165, 1.54) is 0 Å². The Morgan fingerprint density at radius 1 is 1.16 bits per heavy atom. The van der Waals surface area contributed by atoms with Crippen molar-refractivity contribution in [1.29, 1.82) is 0 Å². The van der Waals surface area contributed by atoms with Crippen molar-refractivity contribution in [2.24, 2.45) is 0 Å². The molecule has 1 aromatic carbocycles. The number of amides is 4. The summed E-state index contributed by atoms with van der Waals surface area (Å²) in [4.78, 5) is 38.7. The number of ether oxygens (including phenoxy) is 2. The van der Waals surface area contributed by atoms with Gasteiger partial charge in [-0.2, -0.15) is 0 Å². The average molecular weight is 435 g/mol. The van der Waals surface area contributed by atoms with E-state index in [4.69, 9.17) is 9.47 Å². The lowest BCUT2D eigenvalue weighted by atomic mass is 9.96. The third-order valence-corrected chi connectivity index (χ3v) is 4.93. The molecule has 1 aromatic rings. The molecule has 1 saturated heterocycles. The van der Waals surface area contributed by atoms with Crippen molar-refractivity contribution in [1.82, 2.24) is 15.5 Å². The van der Waals surface area contributed by atoms with Crippen LogP contribution in [0.1, 0.15) is 47.0 Å². The Balaban J connectivity index is 1.87. The number of imide groups is 1. The zero-order chi connectivity index (χ0) is 23.0. The molecule has 2 rings (SSSR count). The second-order valence-electron chi connectivity index (χ2n) is 8.70. The number of hydrogen-bond acceptors (Lipinski definition) is 6. The van der Waals surface area contributed by atoms with Gasteiger partial charge in [0.05, 0.1) is 13.7 Å². The average Bonchev–Trinajstić information content (AvgIpc) is 2.67. The molecule has 0 spiro atoms. The lowest BCUT2D eigenvalue weighted by Gasteiger charge is -2.39. The van der Waals surface area contributed by atoms with Crippen LogP contribution in [0.2, 0.25) is 0 Å². The number of benzene rings is 1. The molecular formula is C22H34N4O5. The Hall–Kier alpha value is -2.81. The third kappa shape index (κ3) is 8.45. The Morgan fingerprint density at radius 2 is 1.84 bits per heavy atom. The van der Waals surface area contributed by atoms with Gasteiger partial charge in [0.1, 0.15) is 11.4 Å². The quantitative estimate of drug-likeness (QED) is 0.635. The van der Waals surface area contributed by atoms with Crippen LogP contribution in [0.15, 0.2) is 24.3 Å². The smallest absolute Gasteiger partial charge is 0.407 e. The van der Waals surface area contributed by atoms with E-state index in [9.17, 15) is 14.4 Å². The van der Waals surface area contributed by atoms with Crippen molar-refractivity contribution in [2.45, 2.75) is 64.6 Å². The summed E-state index contributed by atoms with van der Waals surface area (Å²) in [6.45, 7) is 8.13. The summed E-state index contributed by atoms with van der Waals surface area (Å²) in [6, 6.07) is 6.00. The van der Waals surface area contributed by atoms with Crippen LogP contribution in [-0.2, 0) is 9.53 Å². The van der Waals surface area contributed by atoms with Crippen LogP contribution >= 0.6 is 0 Å². The molecule has 0 bridgehead atoms. The first kappa shape index (κ1) is 24.5. The highest BCUT2D eigenvalue weighted by Crippen LogP contribution is 2.20. The molecule has 31 heavy (non-hydrogen) atoms. The number of likely N-dealkylation sites (tertiary alicyclic amines) is 1. The van der Waals surface area contributed by atoms with E-state index in [-0.39, 0.29) is 18.6 Å². The summed E-state index contributed by atoms with van der Waals surface area (Å²) in [6.07, 6.45) is 2.35. The van der Waals surface area contributed by atoms with Crippen LogP contribution < -0.4 is 20.7 Å². The maximum atomic E-state index is 12.4. The van der Waals surface area contributed by atoms with Crippen molar-refractivity contribution in [3.8, 4) is 5.75 Å². The number of carbonyl (C=O) groups excluding carboxylic acids is 3. The highest BCUT2D eigenvalue weighted by Gasteiger charge is 2.30. The fraction of sp³-hybridized carbons (Fsp3) is 0.591. The van der Waals surface area contributed by atoms with Gasteiger partial charge in [-0.05, 0) is 71.3 Å². The molecule has 1 aliphatic rings. The normalized spacial score (nSPS) is 17.9. The van der Waals surface area contributed by atoms with E-state index in [0.29, 0.717) is 11.4 Å². The first-order chi connectivity index (χ1) is 14.6. The molecule has 9 nitrogen and oxygen atoms in total. The van der Waals surface area contributed by atoms with E-state index in [1.54, 1.807) is 31.4 Å². The van der Waals surface area contributed by atoms with Gasteiger partial charge in [-0.15, -0.1) is 0 Å². The van der Waals surface area contributed by atoms with Crippen molar-refractivity contribution >= 4 is 23.7 Å². The molecule has 1 fully saturated rings. The number of alkyl carbamates (subject to hydrolysis) is 1. The zero-order valence-electron chi connectivity index (χ0n) is 19.0. The summed E-state index contributed by atoms with van der Waals surface area (Å²) in [5.74, 6) is 0.273. The first-order valence-corrected chi connectivity index (χ1v) is 10.6. The van der Waals surface area contributed by atoms with Crippen molar-refractivity contribution in [3.05, 3.63) is 24.3 Å². The molecule has 0 aliphatic carbocycles. The number of hydrogen-bond donors (Lipinski definition) is 3. The Bertz CT molecular complexity index is 760. The Labute approximate surface area is 183 Å². The van der Waals surface area contributed by atoms with Gasteiger partial charge >= 0.3 is 12.1 Å². The zero-order valence-corrected chi connectivity index (χ0v) is 19.0. The van der Waals surface area contributed by atoms with Crippen LogP contribution in [0.25, 0.3) is 0 Å². The number of anilines is 1. The van der Waals surface area contributed by atoms with Crippen LogP contribution in [-0.4, -0.2) is 60.8 Å². The standard InChI is InChI=1S/C22H34N4O5/c1-15(23-21(29)31-22(2,3)4)18-8-6-7-13-26(18)14-19(27)25-20(28)24-16-9-11-17(30-5)12-10-16/h9-12,15,18H,6-8,13-14H2,1-5H3,(H,23,29)(H2,24,25,27,28)/t15-,18+/m0/s1. The molecule has 1 aliphatic heterocycles. The van der Waals surface area contributed by atoms with Gasteiger partial charge in [-0.3, -0.25) is 15.0 Å². The summed E-state index contributed by atoms with van der Waals surface area (Å²) < 4.78 is 10.4. The lowest BCUT2D eigenvalue weighted by Crippen LogP contribution is -2.55. The molecule has 0 aromatic heterocycles. The van der Waals surface area contributed by atoms with Gasteiger partial charge < -0.3 is 20.1 Å². The minimum Gasteiger partial charge on any atom is -0.497 e. The van der Waals surface area contributed by atoms with Crippen LogP contribution in [0, 0.1) is 0 Å². The monoisotopic (exact) mass is 434 g/mol. The topological polar surface area (TPSA) is 109 Å². The molecule has 2 atom stereocenters. The van der Waals surface area contributed by atoms with Gasteiger partial charge in [0.15, 0.2) is 0 Å². The minimum absolute atomic E-state index is 0.0170. The fourth-order valence-electron chi connectivity index (χ4n) is 3.56. The number of nitrogens with zero attached hydrogens (tertiary/aromatic N) is 1. The Morgan fingerprint density at radius 3 is 2.45 bits per heavy atom. The van der Waals surface area contributed by atoms with E-state index < -0.39 is 23.6 Å². The minimum atomic E-state index is -0.594. The Kier molecular flexibility index (Phi) is 8.67. The summed E-state index contributed by atoms with van der Waals surface area (Å²) in [5.41, 5.74) is -0.0233. The molecule has 3 N–H and O–H groups in total. The molecule has 9 heteroatoms. The second-order valence-corrected chi connectivity index (χ2v) is 8.70. The largest absolute Gasteiger partial charge is 0.497 e. The number of carbonyl (C=O) groups is 3. The third-order valence-electron chi connectivity index (χ3n) is 4.93. The molecule has 0 radical (unpaired) electrons. The number of methoxy groups -OCH3 is 1. The van der Waals surface area contributed by atoms with Gasteiger partial charge in [0.25, 0.3) is 0 Å². The number of urea groups is 1. The SMILES string of the molecule is COc1ccc(NC(=O)NC(=O)CN2CCCC[C@@H]2[C@H](C)NC(=O)OC(C)(C)C)cc1. The molecule has 172 valence electrons. The molecule has 0 unspecified atom stereocenters. The summed E-state index contributed by atoms with van der Waals surface area (Å²) in [7, 11) is 1.56. The van der Waals surface area contributed by atoms with Crippen LogP contribution in [0.5, 0.6) is 5.75 Å². The number of rotatable bonds is 6. The van der Waals surface area contributed by atoms with Gasteiger partial charge in [0.2, 0.25) is 5.91 Å². The maximum Gasteiger partial charge on any atom is 0.407 e. The van der Waals surface area contributed by atoms with Gasteiger partial charge in [-0.1, -0.05) is 6.42 Å². The van der Waals surface area contributed by atoms with Crippen molar-refractivity contribution < 1.29 is 23.9 Å². The second kappa shape index (κ2) is 11.0. The van der Waals surface area contributed by atoms with E-state index in [2.05, 4.69) is 16.0 Å². The van der Waals surface area contributed by atoms with Gasteiger partial charge in [-0.25, -0.2) is 9.59 Å². The first-order valence-electron chi connectivity index (χ1n) is 10.6. The van der Waals surface area contributed by atoms with E-state index in [0.717, 1.165) is 25.8 Å². The number of nitrogens with one attached hydrogen (secondary N) is 3. The highest BCUT2D eigenvalue weighted by molar-refractivity contribution is 6.01. The van der Waals surface area contributed by atoms with Gasteiger partial charge in [0, 0.05) is 17.8 Å². The highest BCUT2D eigenvalue weighted by atomic mass is 16.6. The predicted octanol–water partition coefficient (Wildman–Crippen LogP) is 3.11. The van der Waals surface area contributed by atoms with E-state index >= 15 is 0 Å². The maximum absolute atomic E-state index is 12.4. The number of piperidine rings is 1. The molecular weight excluding hydrogens is 400 g/mol. The lowest BCUT2D eigenvalue weighted by molar-refractivity contribution is -0.122. The molecule has 0 saturated carbocycles. The van der Waals surface area contributed by atoms with Crippen molar-refractivity contribution in [2.75, 3.05) is 25.5 Å². The van der Waals surface area contributed by atoms with Crippen LogP contribution in [0.4, 0.5) is 15.3 Å².